The maximum atomic E-state index is 6.01. The molecule has 2 heteroatoms. The largest absolute Gasteiger partial charge is 0.330 e. The van der Waals surface area contributed by atoms with E-state index in [-0.39, 0.29) is 0 Å². The van der Waals surface area contributed by atoms with Crippen LogP contribution < -0.4 is 5.73 Å². The van der Waals surface area contributed by atoms with Crippen LogP contribution in [-0.4, -0.2) is 24.0 Å². The second kappa shape index (κ2) is 5.87. The second-order valence-electron chi connectivity index (χ2n) is 7.04. The van der Waals surface area contributed by atoms with E-state index in [9.17, 15) is 0 Å². The Morgan fingerprint density at radius 3 is 2.40 bits per heavy atom. The molecular weight excluding hydrogens is 244 g/mol. The molecule has 110 valence electrons. The van der Waals surface area contributed by atoms with Crippen molar-refractivity contribution in [1.29, 1.82) is 0 Å². The van der Waals surface area contributed by atoms with E-state index in [0.29, 0.717) is 12.0 Å². The highest BCUT2D eigenvalue weighted by atomic mass is 15.2. The molecule has 0 aromatic heterocycles. The molecule has 2 aliphatic rings. The highest BCUT2D eigenvalue weighted by Crippen LogP contribution is 2.43. The van der Waals surface area contributed by atoms with Crippen LogP contribution in [-0.2, 0) is 6.42 Å². The quantitative estimate of drug-likeness (QED) is 0.890. The van der Waals surface area contributed by atoms with Crippen molar-refractivity contribution in [3.63, 3.8) is 0 Å². The van der Waals surface area contributed by atoms with Gasteiger partial charge in [0.25, 0.3) is 0 Å². The Hall–Kier alpha value is -0.860. The molecule has 0 bridgehead atoms. The maximum absolute atomic E-state index is 6.01. The first-order chi connectivity index (χ1) is 9.69. The van der Waals surface area contributed by atoms with E-state index in [1.807, 2.05) is 0 Å². The van der Waals surface area contributed by atoms with Gasteiger partial charge < -0.3 is 5.73 Å². The number of rotatable bonds is 5. The summed E-state index contributed by atoms with van der Waals surface area (Å²) in [5.74, 6) is 1.37. The molecule has 20 heavy (non-hydrogen) atoms. The summed E-state index contributed by atoms with van der Waals surface area (Å²) in [4.78, 5) is 2.72. The molecule has 2 atom stereocenters. The van der Waals surface area contributed by atoms with Gasteiger partial charge in [0.2, 0.25) is 0 Å². The van der Waals surface area contributed by atoms with Crippen molar-refractivity contribution < 1.29 is 0 Å². The monoisotopic (exact) mass is 272 g/mol. The summed E-state index contributed by atoms with van der Waals surface area (Å²) >= 11 is 0. The summed E-state index contributed by atoms with van der Waals surface area (Å²) in [6, 6.07) is 10.8. The smallest absolute Gasteiger partial charge is 0.0391 e. The lowest BCUT2D eigenvalue weighted by Crippen LogP contribution is -2.29. The van der Waals surface area contributed by atoms with Crippen molar-refractivity contribution in [2.75, 3.05) is 13.1 Å². The molecule has 2 N–H and O–H groups in total. The Bertz CT molecular complexity index is 433. The molecule has 2 fully saturated rings. The van der Waals surface area contributed by atoms with Gasteiger partial charge in [0.15, 0.2) is 0 Å². The number of nitrogens with two attached hydrogens (primary N) is 1. The zero-order valence-electron chi connectivity index (χ0n) is 12.9. The van der Waals surface area contributed by atoms with E-state index in [1.54, 1.807) is 0 Å². The molecule has 3 rings (SSSR count). The third-order valence-electron chi connectivity index (χ3n) is 4.85. The highest BCUT2D eigenvalue weighted by Gasteiger charge is 2.41. The summed E-state index contributed by atoms with van der Waals surface area (Å²) in [5.41, 5.74) is 8.96. The van der Waals surface area contributed by atoms with Crippen molar-refractivity contribution in [3.05, 3.63) is 35.4 Å². The molecule has 1 aromatic rings. The second-order valence-corrected chi connectivity index (χ2v) is 7.04. The van der Waals surface area contributed by atoms with Gasteiger partial charge in [0, 0.05) is 12.1 Å². The molecule has 2 nitrogen and oxygen atoms in total. The molecule has 1 heterocycles. The molecular formula is C18H28N2. The normalized spacial score (nSPS) is 27.4. The van der Waals surface area contributed by atoms with Crippen molar-refractivity contribution >= 4 is 0 Å². The van der Waals surface area contributed by atoms with Crippen LogP contribution in [0.4, 0.5) is 0 Å². The molecule has 2 unspecified atom stereocenters. The summed E-state index contributed by atoms with van der Waals surface area (Å²) in [6.07, 6.45) is 5.22. The van der Waals surface area contributed by atoms with Crippen molar-refractivity contribution in [2.24, 2.45) is 17.6 Å². The minimum absolute atomic E-state index is 0.570. The van der Waals surface area contributed by atoms with Gasteiger partial charge in [-0.3, -0.25) is 4.90 Å². The predicted octanol–water partition coefficient (Wildman–Crippen LogP) is 3.37. The Kier molecular flexibility index (Phi) is 4.13. The van der Waals surface area contributed by atoms with E-state index >= 15 is 0 Å². The zero-order chi connectivity index (χ0) is 14.1. The average Bonchev–Trinajstić information content (AvgIpc) is 3.18. The van der Waals surface area contributed by atoms with Crippen LogP contribution in [0.2, 0.25) is 0 Å². The van der Waals surface area contributed by atoms with Gasteiger partial charge >= 0.3 is 0 Å². The fourth-order valence-corrected chi connectivity index (χ4v) is 3.73. The standard InChI is InChI=1S/C18H28N2/c1-13(2)11-14-3-5-15(6-4-14)18-16(12-19)9-10-20(18)17-7-8-17/h3-6,13,16-18H,7-12,19H2,1-2H3. The van der Waals surface area contributed by atoms with Crippen LogP contribution in [0, 0.1) is 11.8 Å². The predicted molar refractivity (Wildman–Crippen MR) is 84.6 cm³/mol. The lowest BCUT2D eigenvalue weighted by molar-refractivity contribution is 0.220. The van der Waals surface area contributed by atoms with Crippen LogP contribution in [0.15, 0.2) is 24.3 Å². The first-order valence-corrected chi connectivity index (χ1v) is 8.23. The number of nitrogens with zero attached hydrogens (tertiary/aromatic N) is 1. The zero-order valence-corrected chi connectivity index (χ0v) is 12.9. The number of likely N-dealkylation sites (tertiary alicyclic amines) is 1. The Morgan fingerprint density at radius 2 is 1.85 bits per heavy atom. The first-order valence-electron chi connectivity index (χ1n) is 8.23. The third-order valence-corrected chi connectivity index (χ3v) is 4.85. The molecule has 1 aliphatic heterocycles. The van der Waals surface area contributed by atoms with Crippen LogP contribution in [0.5, 0.6) is 0 Å². The minimum Gasteiger partial charge on any atom is -0.330 e. The lowest BCUT2D eigenvalue weighted by atomic mass is 9.92. The van der Waals surface area contributed by atoms with E-state index in [2.05, 4.69) is 43.0 Å². The van der Waals surface area contributed by atoms with Crippen LogP contribution in [0.25, 0.3) is 0 Å². The summed E-state index contributed by atoms with van der Waals surface area (Å²) in [6.45, 7) is 6.63. The maximum Gasteiger partial charge on any atom is 0.0391 e. The first kappa shape index (κ1) is 14.1. The van der Waals surface area contributed by atoms with Crippen LogP contribution >= 0.6 is 0 Å². The fraction of sp³-hybridized carbons (Fsp3) is 0.667. The van der Waals surface area contributed by atoms with Gasteiger partial charge in [-0.15, -0.1) is 0 Å². The Labute approximate surface area is 123 Å². The molecule has 0 spiro atoms. The van der Waals surface area contributed by atoms with E-state index in [1.165, 1.54) is 43.4 Å². The van der Waals surface area contributed by atoms with E-state index < -0.39 is 0 Å². The molecule has 0 amide bonds. The van der Waals surface area contributed by atoms with Crippen molar-refractivity contribution in [2.45, 2.75) is 51.6 Å². The number of benzene rings is 1. The molecule has 1 saturated carbocycles. The Morgan fingerprint density at radius 1 is 1.15 bits per heavy atom. The SMILES string of the molecule is CC(C)Cc1ccc(C2C(CN)CCN2C2CC2)cc1. The molecule has 1 aromatic carbocycles. The summed E-state index contributed by atoms with van der Waals surface area (Å²) < 4.78 is 0. The molecule has 1 saturated heterocycles. The van der Waals surface area contributed by atoms with E-state index in [4.69, 9.17) is 5.73 Å². The van der Waals surface area contributed by atoms with Crippen LogP contribution in [0.3, 0.4) is 0 Å². The lowest BCUT2D eigenvalue weighted by Gasteiger charge is -2.28. The molecule has 1 aliphatic carbocycles. The topological polar surface area (TPSA) is 29.3 Å². The van der Waals surface area contributed by atoms with Crippen molar-refractivity contribution in [3.8, 4) is 0 Å². The molecule has 0 radical (unpaired) electrons. The van der Waals surface area contributed by atoms with Crippen LogP contribution in [0.1, 0.15) is 50.3 Å². The highest BCUT2D eigenvalue weighted by molar-refractivity contribution is 5.27. The average molecular weight is 272 g/mol. The van der Waals surface area contributed by atoms with Gasteiger partial charge in [-0.05, 0) is 61.7 Å². The Balaban J connectivity index is 1.78. The van der Waals surface area contributed by atoms with Gasteiger partial charge in [0.1, 0.15) is 0 Å². The minimum atomic E-state index is 0.570. The van der Waals surface area contributed by atoms with Gasteiger partial charge in [-0.1, -0.05) is 38.1 Å². The summed E-state index contributed by atoms with van der Waals surface area (Å²) in [5, 5.41) is 0. The van der Waals surface area contributed by atoms with E-state index in [0.717, 1.165) is 18.5 Å². The van der Waals surface area contributed by atoms with Gasteiger partial charge in [-0.2, -0.15) is 0 Å². The number of hydrogen-bond donors (Lipinski definition) is 1. The third kappa shape index (κ3) is 2.91. The number of hydrogen-bond acceptors (Lipinski definition) is 2. The van der Waals surface area contributed by atoms with Crippen molar-refractivity contribution in [1.82, 2.24) is 4.90 Å². The summed E-state index contributed by atoms with van der Waals surface area (Å²) in [7, 11) is 0. The fourth-order valence-electron chi connectivity index (χ4n) is 3.73. The van der Waals surface area contributed by atoms with Gasteiger partial charge in [0.05, 0.1) is 0 Å². The van der Waals surface area contributed by atoms with Gasteiger partial charge in [-0.25, -0.2) is 0 Å².